The minimum Gasteiger partial charge on any atom is -0.497 e. The second kappa shape index (κ2) is 8.07. The molecule has 1 unspecified atom stereocenters. The van der Waals surface area contributed by atoms with Gasteiger partial charge >= 0.3 is 0 Å². The van der Waals surface area contributed by atoms with E-state index in [1.807, 2.05) is 24.3 Å². The first-order valence-electron chi connectivity index (χ1n) is 9.23. The van der Waals surface area contributed by atoms with Crippen molar-refractivity contribution >= 4 is 17.2 Å². The van der Waals surface area contributed by atoms with Gasteiger partial charge < -0.3 is 15.8 Å². The van der Waals surface area contributed by atoms with E-state index >= 15 is 0 Å². The summed E-state index contributed by atoms with van der Waals surface area (Å²) >= 11 is 1.64. The molecule has 0 radical (unpaired) electrons. The number of hydrogen-bond acceptors (Lipinski definition) is 7. The minimum atomic E-state index is -0.222. The van der Waals surface area contributed by atoms with Crippen LogP contribution in [-0.4, -0.2) is 39.5 Å². The van der Waals surface area contributed by atoms with E-state index < -0.39 is 0 Å². The lowest BCUT2D eigenvalue weighted by Crippen LogP contribution is -2.30. The summed E-state index contributed by atoms with van der Waals surface area (Å²) < 4.78 is 6.80. The van der Waals surface area contributed by atoms with Crippen LogP contribution >= 0.6 is 11.3 Å². The number of aromatic nitrogens is 4. The molecule has 2 heterocycles. The van der Waals surface area contributed by atoms with Crippen molar-refractivity contribution in [2.45, 2.75) is 31.8 Å². The number of nitrogens with two attached hydrogens (primary N) is 1. The molecular formula is C19H22N6O2S. The van der Waals surface area contributed by atoms with Crippen LogP contribution < -0.4 is 15.8 Å². The first-order chi connectivity index (χ1) is 13.7. The zero-order valence-electron chi connectivity index (χ0n) is 15.6. The van der Waals surface area contributed by atoms with Crippen molar-refractivity contribution in [3.63, 3.8) is 0 Å². The molecule has 3 N–H and O–H groups in total. The SMILES string of the molecule is COc1ccc(-c2nc3c(s2)C(NC(=O)c2cn(CCN)nn2)CCC3)cc1. The number of methoxy groups -OCH3 is 1. The molecule has 1 amide bonds. The number of carbonyl (C=O) groups is 1. The summed E-state index contributed by atoms with van der Waals surface area (Å²) in [7, 11) is 1.65. The molecule has 0 fully saturated rings. The predicted molar refractivity (Wildman–Crippen MR) is 106 cm³/mol. The number of amides is 1. The number of rotatable bonds is 6. The van der Waals surface area contributed by atoms with Crippen LogP contribution in [-0.2, 0) is 13.0 Å². The summed E-state index contributed by atoms with van der Waals surface area (Å²) in [4.78, 5) is 18.5. The van der Waals surface area contributed by atoms with Crippen LogP contribution in [0.5, 0.6) is 5.75 Å². The van der Waals surface area contributed by atoms with Crippen molar-refractivity contribution < 1.29 is 9.53 Å². The molecule has 1 aromatic carbocycles. The molecule has 4 rings (SSSR count). The van der Waals surface area contributed by atoms with Crippen molar-refractivity contribution in [1.29, 1.82) is 0 Å². The average Bonchev–Trinajstić information content (AvgIpc) is 3.36. The Labute approximate surface area is 166 Å². The Morgan fingerprint density at radius 2 is 2.21 bits per heavy atom. The third-order valence-electron chi connectivity index (χ3n) is 4.72. The lowest BCUT2D eigenvalue weighted by Gasteiger charge is -2.21. The molecule has 0 saturated carbocycles. The van der Waals surface area contributed by atoms with Gasteiger partial charge in [-0.25, -0.2) is 4.98 Å². The van der Waals surface area contributed by atoms with Gasteiger partial charge in [-0.05, 0) is 43.5 Å². The number of carbonyl (C=O) groups excluding carboxylic acids is 1. The standard InChI is InChI=1S/C19H22N6O2S/c1-27-13-7-5-12(6-8-13)19-22-15-4-2-3-14(17(15)28-19)21-18(26)16-11-25(10-9-20)24-23-16/h5-8,11,14H,2-4,9-10,20H2,1H3,(H,21,26). The van der Waals surface area contributed by atoms with Crippen molar-refractivity contribution in [3.05, 3.63) is 46.7 Å². The Morgan fingerprint density at radius 1 is 1.39 bits per heavy atom. The largest absolute Gasteiger partial charge is 0.497 e. The quantitative estimate of drug-likeness (QED) is 0.659. The highest BCUT2D eigenvalue weighted by molar-refractivity contribution is 7.15. The van der Waals surface area contributed by atoms with Gasteiger partial charge in [0, 0.05) is 12.1 Å². The second-order valence-electron chi connectivity index (χ2n) is 6.63. The Bertz CT molecular complexity index is 965. The molecule has 0 aliphatic heterocycles. The van der Waals surface area contributed by atoms with E-state index in [4.69, 9.17) is 15.5 Å². The van der Waals surface area contributed by atoms with Crippen molar-refractivity contribution in [2.75, 3.05) is 13.7 Å². The molecule has 146 valence electrons. The summed E-state index contributed by atoms with van der Waals surface area (Å²) in [5, 5.41) is 11.9. The van der Waals surface area contributed by atoms with Crippen LogP contribution in [0, 0.1) is 0 Å². The third-order valence-corrected chi connectivity index (χ3v) is 5.98. The lowest BCUT2D eigenvalue weighted by atomic mass is 9.98. The number of ether oxygens (including phenoxy) is 1. The Morgan fingerprint density at radius 3 is 2.96 bits per heavy atom. The van der Waals surface area contributed by atoms with Crippen LogP contribution in [0.15, 0.2) is 30.5 Å². The fourth-order valence-electron chi connectivity index (χ4n) is 3.29. The van der Waals surface area contributed by atoms with Gasteiger partial charge in [-0.2, -0.15) is 0 Å². The molecule has 1 atom stereocenters. The molecule has 9 heteroatoms. The molecule has 1 aliphatic rings. The normalized spacial score (nSPS) is 15.9. The van der Waals surface area contributed by atoms with Gasteiger partial charge in [-0.15, -0.1) is 16.4 Å². The van der Waals surface area contributed by atoms with E-state index in [1.54, 1.807) is 29.3 Å². The minimum absolute atomic E-state index is 0.0552. The summed E-state index contributed by atoms with van der Waals surface area (Å²) in [6.07, 6.45) is 4.44. The van der Waals surface area contributed by atoms with Crippen LogP contribution in [0.3, 0.4) is 0 Å². The summed E-state index contributed by atoms with van der Waals surface area (Å²) in [5.74, 6) is 0.596. The van der Waals surface area contributed by atoms with E-state index in [9.17, 15) is 4.79 Å². The van der Waals surface area contributed by atoms with Crippen LogP contribution in [0.4, 0.5) is 0 Å². The smallest absolute Gasteiger partial charge is 0.273 e. The van der Waals surface area contributed by atoms with Crippen molar-refractivity contribution in [3.8, 4) is 16.3 Å². The predicted octanol–water partition coefficient (Wildman–Crippen LogP) is 2.18. The number of benzene rings is 1. The number of fused-ring (bicyclic) bond motifs is 1. The summed E-state index contributed by atoms with van der Waals surface area (Å²) in [6, 6.07) is 7.82. The highest BCUT2D eigenvalue weighted by Crippen LogP contribution is 2.38. The number of aryl methyl sites for hydroxylation is 1. The van der Waals surface area contributed by atoms with E-state index in [0.29, 0.717) is 18.8 Å². The van der Waals surface area contributed by atoms with Gasteiger partial charge in [0.15, 0.2) is 5.69 Å². The van der Waals surface area contributed by atoms with Gasteiger partial charge in [-0.3, -0.25) is 9.48 Å². The molecule has 0 saturated heterocycles. The molecule has 2 aromatic heterocycles. The van der Waals surface area contributed by atoms with Crippen LogP contribution in [0.25, 0.3) is 10.6 Å². The first-order valence-corrected chi connectivity index (χ1v) is 10.0. The maximum absolute atomic E-state index is 12.6. The number of thiazole rings is 1. The average molecular weight is 398 g/mol. The monoisotopic (exact) mass is 398 g/mol. The maximum atomic E-state index is 12.6. The van der Waals surface area contributed by atoms with E-state index in [-0.39, 0.29) is 11.9 Å². The number of nitrogens with zero attached hydrogens (tertiary/aromatic N) is 4. The van der Waals surface area contributed by atoms with Crippen LogP contribution in [0.2, 0.25) is 0 Å². The maximum Gasteiger partial charge on any atom is 0.273 e. The van der Waals surface area contributed by atoms with Gasteiger partial charge in [0.25, 0.3) is 5.91 Å². The Hall–Kier alpha value is -2.78. The molecule has 3 aromatic rings. The third kappa shape index (κ3) is 3.76. The number of hydrogen-bond donors (Lipinski definition) is 2. The van der Waals surface area contributed by atoms with E-state index in [0.717, 1.165) is 46.2 Å². The molecule has 0 bridgehead atoms. The highest BCUT2D eigenvalue weighted by atomic mass is 32.1. The molecule has 1 aliphatic carbocycles. The molecule has 8 nitrogen and oxygen atoms in total. The van der Waals surface area contributed by atoms with Crippen LogP contribution in [0.1, 0.15) is 39.9 Å². The Kier molecular flexibility index (Phi) is 5.36. The second-order valence-corrected chi connectivity index (χ2v) is 7.66. The van der Waals surface area contributed by atoms with Gasteiger partial charge in [0.1, 0.15) is 10.8 Å². The highest BCUT2D eigenvalue weighted by Gasteiger charge is 2.27. The van der Waals surface area contributed by atoms with Crippen molar-refractivity contribution in [2.24, 2.45) is 5.73 Å². The lowest BCUT2D eigenvalue weighted by molar-refractivity contribution is 0.0928. The topological polar surface area (TPSA) is 108 Å². The molecular weight excluding hydrogens is 376 g/mol. The number of nitrogens with one attached hydrogen (secondary N) is 1. The van der Waals surface area contributed by atoms with Crippen molar-refractivity contribution in [1.82, 2.24) is 25.3 Å². The zero-order valence-corrected chi connectivity index (χ0v) is 16.4. The summed E-state index contributed by atoms with van der Waals surface area (Å²) in [6.45, 7) is 0.985. The fourth-order valence-corrected chi connectivity index (χ4v) is 4.49. The zero-order chi connectivity index (χ0) is 19.5. The van der Waals surface area contributed by atoms with E-state index in [1.165, 1.54) is 0 Å². The van der Waals surface area contributed by atoms with Gasteiger partial charge in [-0.1, -0.05) is 5.21 Å². The summed E-state index contributed by atoms with van der Waals surface area (Å²) in [5.41, 5.74) is 7.94. The molecule has 28 heavy (non-hydrogen) atoms. The Balaban J connectivity index is 1.53. The first kappa shape index (κ1) is 18.6. The van der Waals surface area contributed by atoms with Gasteiger partial charge in [0.05, 0.1) is 36.5 Å². The molecule has 0 spiro atoms. The van der Waals surface area contributed by atoms with E-state index in [2.05, 4.69) is 15.6 Å². The van der Waals surface area contributed by atoms with Gasteiger partial charge in [0.2, 0.25) is 0 Å². The fraction of sp³-hybridized carbons (Fsp3) is 0.368.